The Morgan fingerprint density at radius 3 is 2.00 bits per heavy atom. The van der Waals surface area contributed by atoms with E-state index in [2.05, 4.69) is 30.7 Å². The molecule has 0 spiro atoms. The fraction of sp³-hybridized carbons (Fsp3) is 0.250. The van der Waals surface area contributed by atoms with Crippen LogP contribution >= 0.6 is 30.7 Å². The fourth-order valence-electron chi connectivity index (χ4n) is 1.02. The normalized spacial score (nSPS) is 11.2. The summed E-state index contributed by atoms with van der Waals surface area (Å²) in [6, 6.07) is 2.92. The minimum Gasteiger partial charge on any atom is -0.493 e. The van der Waals surface area contributed by atoms with E-state index in [4.69, 9.17) is 9.47 Å². The highest BCUT2D eigenvalue weighted by Gasteiger charge is 2.18. The third-order valence-electron chi connectivity index (χ3n) is 1.70. The molecule has 0 heterocycles. The van der Waals surface area contributed by atoms with Crippen molar-refractivity contribution in [3.05, 3.63) is 16.6 Å². The summed E-state index contributed by atoms with van der Waals surface area (Å²) in [7, 11) is -0.541. The quantitative estimate of drug-likeness (QED) is 0.778. The first-order valence-electron chi connectivity index (χ1n) is 3.76. The van der Waals surface area contributed by atoms with Gasteiger partial charge < -0.3 is 9.47 Å². The molecule has 7 heteroatoms. The Morgan fingerprint density at radius 2 is 1.60 bits per heavy atom. The smallest absolute Gasteiger partial charge is 0.238 e. The van der Waals surface area contributed by atoms with Crippen molar-refractivity contribution in [3.8, 4) is 11.5 Å². The van der Waals surface area contributed by atoms with E-state index in [0.717, 1.165) is 0 Å². The maximum absolute atomic E-state index is 11.3. The number of ether oxygens (including phenoxy) is 2. The van der Waals surface area contributed by atoms with E-state index in [0.29, 0.717) is 16.0 Å². The van der Waals surface area contributed by atoms with Gasteiger partial charge in [0.25, 0.3) is 0 Å². The summed E-state index contributed by atoms with van der Waals surface area (Å²) in [6.45, 7) is 0. The fourth-order valence-corrected chi connectivity index (χ4v) is 3.98. The minimum absolute atomic E-state index is 0.0974. The number of rotatable bonds is 3. The Kier molecular flexibility index (Phi) is 4.02. The van der Waals surface area contributed by atoms with Crippen LogP contribution in [0.4, 0.5) is 0 Å². The molecule has 1 aromatic carbocycles. The van der Waals surface area contributed by atoms with Crippen molar-refractivity contribution in [3.63, 3.8) is 0 Å². The molecule has 0 saturated heterocycles. The predicted molar refractivity (Wildman–Crippen MR) is 63.4 cm³/mol. The maximum Gasteiger partial charge on any atom is 0.238 e. The molecule has 0 bridgehead atoms. The van der Waals surface area contributed by atoms with E-state index in [1.807, 2.05) is 0 Å². The maximum atomic E-state index is 11.3. The lowest BCUT2D eigenvalue weighted by atomic mass is 10.3. The van der Waals surface area contributed by atoms with Gasteiger partial charge in [-0.25, -0.2) is 8.42 Å². The van der Waals surface area contributed by atoms with E-state index in [1.165, 1.54) is 26.4 Å². The van der Waals surface area contributed by atoms with E-state index in [1.54, 1.807) is 0 Å². The Labute approximate surface area is 104 Å². The topological polar surface area (TPSA) is 52.6 Å². The molecule has 0 aromatic heterocycles. The van der Waals surface area contributed by atoms with Crippen molar-refractivity contribution in [2.75, 3.05) is 14.2 Å². The van der Waals surface area contributed by atoms with Gasteiger partial charge in [0.05, 0.1) is 33.9 Å². The number of hydrogen-bond donors (Lipinski definition) is 0. The van der Waals surface area contributed by atoms with Gasteiger partial charge in [0.2, 0.25) is 8.27 Å². The van der Waals surface area contributed by atoms with E-state index in [-0.39, 0.29) is 4.90 Å². The molecule has 0 aliphatic carbocycles. The Hall–Kier alpha value is -0.270. The van der Waals surface area contributed by atoms with Crippen LogP contribution in [0.1, 0.15) is 0 Å². The molecular weight excluding hydrogens is 352 g/mol. The lowest BCUT2D eigenvalue weighted by molar-refractivity contribution is 0.353. The highest BCUT2D eigenvalue weighted by Crippen LogP contribution is 2.37. The predicted octanol–water partition coefficient (Wildman–Crippen LogP) is 2.55. The van der Waals surface area contributed by atoms with Gasteiger partial charge in [0.15, 0.2) is 11.5 Å². The van der Waals surface area contributed by atoms with Crippen molar-refractivity contribution in [1.29, 1.82) is 0 Å². The molecule has 4 nitrogen and oxygen atoms in total. The molecule has 0 aliphatic rings. The second kappa shape index (κ2) is 4.71. The van der Waals surface area contributed by atoms with Crippen LogP contribution in [0.3, 0.4) is 0 Å². The van der Waals surface area contributed by atoms with E-state index >= 15 is 0 Å². The van der Waals surface area contributed by atoms with Gasteiger partial charge in [-0.2, -0.15) is 0 Å². The summed E-state index contributed by atoms with van der Waals surface area (Å²) in [6.07, 6.45) is 0. The Bertz CT molecular complexity index is 470. The van der Waals surface area contributed by atoms with Crippen LogP contribution in [0, 0.1) is 0 Å². The third kappa shape index (κ3) is 2.85. The van der Waals surface area contributed by atoms with Crippen LogP contribution in [0.5, 0.6) is 11.5 Å². The average molecular weight is 360 g/mol. The van der Waals surface area contributed by atoms with E-state index < -0.39 is 8.27 Å². The molecule has 1 aromatic rings. The zero-order valence-electron chi connectivity index (χ0n) is 7.95. The van der Waals surface area contributed by atoms with Crippen molar-refractivity contribution < 1.29 is 17.9 Å². The molecule has 0 radical (unpaired) electrons. The molecular formula is C8H8Br2O4S. The summed E-state index contributed by atoms with van der Waals surface area (Å²) >= 11 is 5.74. The van der Waals surface area contributed by atoms with Crippen LogP contribution < -0.4 is 9.47 Å². The standard InChI is InChI=1S/C8H8Br2O4S/c1-13-6-3-5(9)8(15(10,11)12)4-7(6)14-2/h3-4H,1-2H3. The van der Waals surface area contributed by atoms with Gasteiger partial charge in [-0.05, 0) is 22.0 Å². The first-order chi connectivity index (χ1) is 6.90. The van der Waals surface area contributed by atoms with Crippen LogP contribution in [0.15, 0.2) is 21.5 Å². The largest absolute Gasteiger partial charge is 0.493 e. The molecule has 0 N–H and O–H groups in total. The molecule has 0 fully saturated rings. The lowest BCUT2D eigenvalue weighted by Gasteiger charge is -2.09. The second-order valence-electron chi connectivity index (χ2n) is 2.58. The first kappa shape index (κ1) is 12.8. The number of hydrogen-bond acceptors (Lipinski definition) is 4. The molecule has 1 rings (SSSR count). The van der Waals surface area contributed by atoms with Gasteiger partial charge in [0.1, 0.15) is 0 Å². The van der Waals surface area contributed by atoms with Crippen LogP contribution in [0.25, 0.3) is 0 Å². The highest BCUT2D eigenvalue weighted by molar-refractivity contribution is 9.47. The van der Waals surface area contributed by atoms with Crippen LogP contribution in [-0.4, -0.2) is 22.6 Å². The summed E-state index contributed by atoms with van der Waals surface area (Å²) in [5.41, 5.74) is 0. The van der Waals surface area contributed by atoms with Gasteiger partial charge in [-0.3, -0.25) is 0 Å². The average Bonchev–Trinajstić information content (AvgIpc) is 2.15. The van der Waals surface area contributed by atoms with Crippen molar-refractivity contribution >= 4 is 39.0 Å². The number of halogens is 2. The van der Waals surface area contributed by atoms with Crippen molar-refractivity contribution in [2.24, 2.45) is 0 Å². The lowest BCUT2D eigenvalue weighted by Crippen LogP contribution is -1.96. The molecule has 0 atom stereocenters. The zero-order valence-corrected chi connectivity index (χ0v) is 11.9. The van der Waals surface area contributed by atoms with Crippen molar-refractivity contribution in [1.82, 2.24) is 0 Å². The van der Waals surface area contributed by atoms with Gasteiger partial charge in [-0.1, -0.05) is 0 Å². The minimum atomic E-state index is -3.46. The molecule has 84 valence electrons. The molecule has 0 unspecified atom stereocenters. The second-order valence-corrected chi connectivity index (χ2v) is 7.30. The number of methoxy groups -OCH3 is 2. The summed E-state index contributed by atoms with van der Waals surface area (Å²) in [5.74, 6) is 0.822. The van der Waals surface area contributed by atoms with Crippen LogP contribution in [-0.2, 0) is 8.27 Å². The van der Waals surface area contributed by atoms with Gasteiger partial charge in [-0.15, -0.1) is 0 Å². The van der Waals surface area contributed by atoms with Crippen molar-refractivity contribution in [2.45, 2.75) is 4.90 Å². The zero-order chi connectivity index (χ0) is 11.6. The monoisotopic (exact) mass is 358 g/mol. The molecule has 0 amide bonds. The van der Waals surface area contributed by atoms with E-state index in [9.17, 15) is 8.42 Å². The molecule has 0 saturated carbocycles. The van der Waals surface area contributed by atoms with Crippen LogP contribution in [0.2, 0.25) is 0 Å². The Morgan fingerprint density at radius 1 is 1.13 bits per heavy atom. The highest BCUT2D eigenvalue weighted by atomic mass is 79.9. The van der Waals surface area contributed by atoms with Gasteiger partial charge in [0, 0.05) is 10.5 Å². The third-order valence-corrected chi connectivity index (χ3v) is 4.53. The van der Waals surface area contributed by atoms with Gasteiger partial charge >= 0.3 is 0 Å². The molecule has 15 heavy (non-hydrogen) atoms. The molecule has 0 aliphatic heterocycles. The summed E-state index contributed by atoms with van der Waals surface area (Å²) < 4.78 is 33.1. The Balaban J connectivity index is 3.46. The number of benzene rings is 1. The SMILES string of the molecule is COc1cc(Br)c(S(=O)(=O)Br)cc1OC. The summed E-state index contributed by atoms with van der Waals surface area (Å²) in [5, 5.41) is 0. The summed E-state index contributed by atoms with van der Waals surface area (Å²) in [4.78, 5) is 0.0974. The first-order valence-corrected chi connectivity index (χ1v) is 7.88.